The Bertz CT molecular complexity index is 1140. The molecule has 1 aliphatic carbocycles. The average molecular weight is 357 g/mol. The molecule has 3 aromatic heterocycles. The zero-order chi connectivity index (χ0) is 18.2. The maximum atomic E-state index is 11.0. The molecule has 1 aliphatic rings. The summed E-state index contributed by atoms with van der Waals surface area (Å²) in [5, 5.41) is 7.60. The molecular weight excluding hydrogens is 342 g/mol. The first-order chi connectivity index (χ1) is 13.3. The zero-order valence-electron chi connectivity index (χ0n) is 14.3. The molecule has 5 rings (SSSR count). The number of pyridine rings is 1. The Hall–Kier alpha value is -3.61. The fraction of sp³-hybridized carbons (Fsp3) is 0.150. The molecule has 0 saturated heterocycles. The normalized spacial score (nSPS) is 15.6. The van der Waals surface area contributed by atoms with E-state index in [0.717, 1.165) is 40.7 Å². The predicted molar refractivity (Wildman–Crippen MR) is 102 cm³/mol. The average Bonchev–Trinajstić information content (AvgIpc) is 3.30. The summed E-state index contributed by atoms with van der Waals surface area (Å²) in [6, 6.07) is 7.68. The monoisotopic (exact) mass is 357 g/mol. The molecule has 7 nitrogen and oxygen atoms in total. The van der Waals surface area contributed by atoms with Crippen LogP contribution in [-0.2, 0) is 6.42 Å². The summed E-state index contributed by atoms with van der Waals surface area (Å²) in [5.41, 5.74) is 5.22. The van der Waals surface area contributed by atoms with Gasteiger partial charge in [-0.15, -0.1) is 0 Å². The smallest absolute Gasteiger partial charge is 0.178 e. The number of rotatable bonds is 4. The molecule has 0 spiro atoms. The molecule has 132 valence electrons. The van der Waals surface area contributed by atoms with Gasteiger partial charge in [-0.25, -0.2) is 4.98 Å². The maximum Gasteiger partial charge on any atom is 0.178 e. The lowest BCUT2D eigenvalue weighted by Gasteiger charge is -2.10. The number of furan rings is 1. The Morgan fingerprint density at radius 3 is 2.89 bits per heavy atom. The lowest BCUT2D eigenvalue weighted by Crippen LogP contribution is -1.95. The van der Waals surface area contributed by atoms with Crippen LogP contribution in [0, 0.1) is 4.91 Å². The zero-order valence-corrected chi connectivity index (χ0v) is 14.3. The fourth-order valence-corrected chi connectivity index (χ4v) is 3.60. The van der Waals surface area contributed by atoms with Gasteiger partial charge in [-0.3, -0.25) is 9.97 Å². The number of aryl methyl sites for hydroxylation is 1. The Morgan fingerprint density at radius 2 is 2.04 bits per heavy atom. The van der Waals surface area contributed by atoms with Gasteiger partial charge in [-0.1, -0.05) is 11.2 Å². The molecule has 0 amide bonds. The number of hydrogen-bond acceptors (Lipinski definition) is 7. The molecule has 3 heterocycles. The first kappa shape index (κ1) is 15.6. The van der Waals surface area contributed by atoms with Gasteiger partial charge in [0.2, 0.25) is 0 Å². The van der Waals surface area contributed by atoms with Crippen molar-refractivity contribution in [3.8, 4) is 11.5 Å². The lowest BCUT2D eigenvalue weighted by atomic mass is 10.1. The van der Waals surface area contributed by atoms with Gasteiger partial charge in [0.1, 0.15) is 11.7 Å². The topological polar surface area (TPSA) is 93.3 Å². The van der Waals surface area contributed by atoms with E-state index < -0.39 is 0 Å². The second-order valence-corrected chi connectivity index (χ2v) is 6.47. The molecule has 0 bridgehead atoms. The van der Waals surface area contributed by atoms with E-state index in [2.05, 4.69) is 31.5 Å². The van der Waals surface area contributed by atoms with Crippen LogP contribution < -0.4 is 5.32 Å². The lowest BCUT2D eigenvalue weighted by molar-refractivity contribution is 0.627. The summed E-state index contributed by atoms with van der Waals surface area (Å²) >= 11 is 0. The Kier molecular flexibility index (Phi) is 3.64. The van der Waals surface area contributed by atoms with Gasteiger partial charge < -0.3 is 9.73 Å². The molecule has 7 heteroatoms. The van der Waals surface area contributed by atoms with E-state index in [4.69, 9.17) is 4.42 Å². The van der Waals surface area contributed by atoms with E-state index in [1.165, 1.54) is 0 Å². The highest BCUT2D eigenvalue weighted by atomic mass is 16.3. The van der Waals surface area contributed by atoms with Crippen LogP contribution in [0.5, 0.6) is 0 Å². The standard InChI is InChI=1S/C20H15N5O2/c26-25-16-4-1-12-9-13(2-3-14(12)16)24-19-15-5-6-21-11-18(15)27-20(19)17-10-22-7-8-23-17/h2-3,5-11,16,24H,1,4H2. The molecule has 1 aromatic carbocycles. The first-order valence-electron chi connectivity index (χ1n) is 8.68. The Labute approximate surface area is 154 Å². The van der Waals surface area contributed by atoms with Gasteiger partial charge in [0.05, 0.1) is 18.1 Å². The number of nitrogens with one attached hydrogen (secondary N) is 1. The van der Waals surface area contributed by atoms with Crippen molar-refractivity contribution in [2.75, 3.05) is 5.32 Å². The maximum absolute atomic E-state index is 11.0. The largest absolute Gasteiger partial charge is 0.450 e. The van der Waals surface area contributed by atoms with Gasteiger partial charge in [-0.05, 0) is 42.2 Å². The molecular formula is C20H15N5O2. The van der Waals surface area contributed by atoms with Crippen LogP contribution in [0.25, 0.3) is 22.4 Å². The van der Waals surface area contributed by atoms with Crippen LogP contribution >= 0.6 is 0 Å². The van der Waals surface area contributed by atoms with Crippen molar-refractivity contribution >= 4 is 22.3 Å². The Morgan fingerprint density at radius 1 is 1.11 bits per heavy atom. The van der Waals surface area contributed by atoms with Crippen molar-refractivity contribution < 1.29 is 4.42 Å². The van der Waals surface area contributed by atoms with Gasteiger partial charge in [0.25, 0.3) is 0 Å². The highest BCUT2D eigenvalue weighted by molar-refractivity contribution is 5.99. The van der Waals surface area contributed by atoms with Crippen molar-refractivity contribution in [3.63, 3.8) is 0 Å². The van der Waals surface area contributed by atoms with Gasteiger partial charge in [-0.2, -0.15) is 4.91 Å². The van der Waals surface area contributed by atoms with E-state index in [-0.39, 0.29) is 6.04 Å². The second-order valence-electron chi connectivity index (χ2n) is 6.47. The molecule has 0 fully saturated rings. The van der Waals surface area contributed by atoms with Crippen LogP contribution in [0.15, 0.2) is 64.8 Å². The first-order valence-corrected chi connectivity index (χ1v) is 8.68. The van der Waals surface area contributed by atoms with E-state index in [1.807, 2.05) is 18.2 Å². The number of fused-ring (bicyclic) bond motifs is 2. The summed E-state index contributed by atoms with van der Waals surface area (Å²) in [4.78, 5) is 23.6. The third kappa shape index (κ3) is 2.64. The van der Waals surface area contributed by atoms with Crippen molar-refractivity contribution in [2.24, 2.45) is 5.18 Å². The minimum absolute atomic E-state index is 0.231. The summed E-state index contributed by atoms with van der Waals surface area (Å²) in [5.74, 6) is 0.610. The van der Waals surface area contributed by atoms with Gasteiger partial charge >= 0.3 is 0 Å². The second kappa shape index (κ2) is 6.28. The van der Waals surface area contributed by atoms with Crippen LogP contribution in [0.3, 0.4) is 0 Å². The molecule has 27 heavy (non-hydrogen) atoms. The highest BCUT2D eigenvalue weighted by Gasteiger charge is 2.24. The fourth-order valence-electron chi connectivity index (χ4n) is 3.60. The quantitative estimate of drug-likeness (QED) is 0.528. The Balaban J connectivity index is 1.60. The third-order valence-corrected chi connectivity index (χ3v) is 4.87. The molecule has 0 saturated carbocycles. The molecule has 4 aromatic rings. The van der Waals surface area contributed by atoms with Crippen LogP contribution in [0.2, 0.25) is 0 Å². The van der Waals surface area contributed by atoms with Crippen molar-refractivity contribution in [2.45, 2.75) is 18.9 Å². The number of nitroso groups, excluding NO2 is 1. The summed E-state index contributed by atoms with van der Waals surface area (Å²) in [6.07, 6.45) is 9.96. The summed E-state index contributed by atoms with van der Waals surface area (Å²) in [6.45, 7) is 0. The molecule has 0 radical (unpaired) electrons. The third-order valence-electron chi connectivity index (χ3n) is 4.87. The van der Waals surface area contributed by atoms with E-state index in [0.29, 0.717) is 17.0 Å². The van der Waals surface area contributed by atoms with E-state index in [1.54, 1.807) is 31.0 Å². The van der Waals surface area contributed by atoms with Gasteiger partial charge in [0.15, 0.2) is 11.3 Å². The van der Waals surface area contributed by atoms with E-state index >= 15 is 0 Å². The SMILES string of the molecule is O=NC1CCc2cc(Nc3c(-c4cnccn4)oc4cnccc34)ccc21. The molecule has 1 atom stereocenters. The molecule has 1 N–H and O–H groups in total. The molecule has 1 unspecified atom stereocenters. The number of anilines is 2. The van der Waals surface area contributed by atoms with Crippen molar-refractivity contribution in [3.05, 3.63) is 71.3 Å². The summed E-state index contributed by atoms with van der Waals surface area (Å²) in [7, 11) is 0. The number of benzene rings is 1. The van der Waals surface area contributed by atoms with Crippen molar-refractivity contribution in [1.82, 2.24) is 15.0 Å². The van der Waals surface area contributed by atoms with Crippen LogP contribution in [0.4, 0.5) is 11.4 Å². The minimum atomic E-state index is -0.231. The van der Waals surface area contributed by atoms with Crippen molar-refractivity contribution in [1.29, 1.82) is 0 Å². The summed E-state index contributed by atoms with van der Waals surface area (Å²) < 4.78 is 6.00. The van der Waals surface area contributed by atoms with Gasteiger partial charge in [0, 0.05) is 29.7 Å². The van der Waals surface area contributed by atoms with Crippen LogP contribution in [-0.4, -0.2) is 15.0 Å². The number of nitrogens with zero attached hydrogens (tertiary/aromatic N) is 4. The number of hydrogen-bond donors (Lipinski definition) is 1. The molecule has 0 aliphatic heterocycles. The predicted octanol–water partition coefficient (Wildman–Crippen LogP) is 4.78. The number of aromatic nitrogens is 3. The van der Waals surface area contributed by atoms with E-state index in [9.17, 15) is 4.91 Å². The van der Waals surface area contributed by atoms with Crippen LogP contribution in [0.1, 0.15) is 23.6 Å². The minimum Gasteiger partial charge on any atom is -0.450 e. The highest BCUT2D eigenvalue weighted by Crippen LogP contribution is 2.40.